The zero-order valence-electron chi connectivity index (χ0n) is 27.8. The molecule has 1 saturated heterocycles. The van der Waals surface area contributed by atoms with Crippen molar-refractivity contribution in [1.29, 1.82) is 0 Å². The van der Waals surface area contributed by atoms with E-state index in [1.165, 1.54) is 0 Å². The predicted octanol–water partition coefficient (Wildman–Crippen LogP) is 5.08. The molecule has 4 heteroatoms. The molecule has 1 aliphatic rings. The molecule has 0 radical (unpaired) electrons. The maximum absolute atomic E-state index is 8.90. The molecule has 28 heavy (non-hydrogen) atoms. The highest BCUT2D eigenvalue weighted by Crippen LogP contribution is 2.37. The summed E-state index contributed by atoms with van der Waals surface area (Å²) in [5.41, 5.74) is -2.85. The van der Waals surface area contributed by atoms with Gasteiger partial charge in [0, 0.05) is 21.9 Å². The third kappa shape index (κ3) is 2.45. The molecular weight excluding hydrogens is 345 g/mol. The van der Waals surface area contributed by atoms with Gasteiger partial charge in [0.15, 0.2) is 0 Å². The molecule has 0 bridgehead atoms. The molecule has 0 amide bonds. The molecule has 0 unspecified atom stereocenters. The standard InChI is InChI=1S/C24H24BNO2/c1-23(2)24(3,4)28-25(27-23)19-13-7-10-16-22(19)26-20-14-8-5-11-17(20)18-12-6-9-15-21(18)26/h5-16H,1-4H3/i5D,6D,7D,8D,9D,10D,11D,12D,13D,14D,15D,16D. The minimum absolute atomic E-state index is 0.178. The van der Waals surface area contributed by atoms with Gasteiger partial charge < -0.3 is 13.9 Å². The fraction of sp³-hybridized carbons (Fsp3) is 0.250. The molecule has 0 spiro atoms. The molecule has 3 aromatic carbocycles. The van der Waals surface area contributed by atoms with Crippen molar-refractivity contribution in [1.82, 2.24) is 4.57 Å². The molecule has 140 valence electrons. The summed E-state index contributed by atoms with van der Waals surface area (Å²) >= 11 is 0. The molecule has 0 atom stereocenters. The third-order valence-corrected chi connectivity index (χ3v) is 5.44. The summed E-state index contributed by atoms with van der Waals surface area (Å²) in [6, 6.07) is -7.19. The first-order chi connectivity index (χ1) is 18.4. The average molecular weight is 381 g/mol. The van der Waals surface area contributed by atoms with Crippen LogP contribution in [0.1, 0.15) is 44.1 Å². The van der Waals surface area contributed by atoms with Crippen molar-refractivity contribution < 1.29 is 25.8 Å². The van der Waals surface area contributed by atoms with Gasteiger partial charge in [-0.25, -0.2) is 0 Å². The lowest BCUT2D eigenvalue weighted by Gasteiger charge is -2.32. The highest BCUT2D eigenvalue weighted by molar-refractivity contribution is 6.63. The maximum Gasteiger partial charge on any atom is 0.496 e. The van der Waals surface area contributed by atoms with Gasteiger partial charge in [-0.2, -0.15) is 0 Å². The SMILES string of the molecule is [2H]c1c([2H])c([2H])c(-n2c3c([2H])c([2H])c([2H])c([2H])c3c3c([2H])c([2H])c([2H])c([2H])c32)c(B2OC(C)(C)C(C)(C)O2)c1[2H]. The zero-order valence-corrected chi connectivity index (χ0v) is 15.8. The summed E-state index contributed by atoms with van der Waals surface area (Å²) in [6.45, 7) is 7.02. The summed E-state index contributed by atoms with van der Waals surface area (Å²) < 4.78 is 116. The number of fused-ring (bicyclic) bond motifs is 3. The molecule has 3 nitrogen and oxygen atoms in total. The van der Waals surface area contributed by atoms with E-state index in [9.17, 15) is 0 Å². The smallest absolute Gasteiger partial charge is 0.399 e. The number of nitrogens with zero attached hydrogens (tertiary/aromatic N) is 1. The zero-order chi connectivity index (χ0) is 30.0. The Kier molecular flexibility index (Phi) is 1.89. The van der Waals surface area contributed by atoms with Gasteiger partial charge in [-0.05, 0) is 45.8 Å². The van der Waals surface area contributed by atoms with E-state index >= 15 is 0 Å². The lowest BCUT2D eigenvalue weighted by molar-refractivity contribution is 0.00578. The largest absolute Gasteiger partial charge is 0.496 e. The monoisotopic (exact) mass is 381 g/mol. The quantitative estimate of drug-likeness (QED) is 0.452. The van der Waals surface area contributed by atoms with Crippen LogP contribution in [0.25, 0.3) is 27.5 Å². The van der Waals surface area contributed by atoms with Gasteiger partial charge in [0.05, 0.1) is 38.7 Å². The number of hydrogen-bond donors (Lipinski definition) is 0. The normalized spacial score (nSPS) is 24.2. The Balaban J connectivity index is 2.11. The lowest BCUT2D eigenvalue weighted by atomic mass is 9.77. The molecule has 2 heterocycles. The molecular formula is C24H24BNO2. The van der Waals surface area contributed by atoms with Crippen molar-refractivity contribution in [3.05, 3.63) is 72.5 Å². The van der Waals surface area contributed by atoms with Crippen LogP contribution in [0.15, 0.2) is 72.5 Å². The van der Waals surface area contributed by atoms with Gasteiger partial charge in [0.25, 0.3) is 0 Å². The van der Waals surface area contributed by atoms with Crippen molar-refractivity contribution in [2.24, 2.45) is 0 Å². The van der Waals surface area contributed by atoms with E-state index < -0.39 is 90.8 Å². The van der Waals surface area contributed by atoms with Gasteiger partial charge in [0.2, 0.25) is 0 Å². The van der Waals surface area contributed by atoms with E-state index in [0.29, 0.717) is 0 Å². The molecule has 5 rings (SSSR count). The van der Waals surface area contributed by atoms with Crippen LogP contribution in [-0.2, 0) is 9.31 Å². The van der Waals surface area contributed by atoms with E-state index in [1.54, 1.807) is 27.7 Å². The third-order valence-electron chi connectivity index (χ3n) is 5.44. The molecule has 1 aromatic heterocycles. The van der Waals surface area contributed by atoms with Crippen molar-refractivity contribution in [2.75, 3.05) is 0 Å². The van der Waals surface area contributed by atoms with E-state index in [4.69, 9.17) is 25.8 Å². The molecule has 1 aliphatic heterocycles. The van der Waals surface area contributed by atoms with E-state index in [2.05, 4.69) is 0 Å². The van der Waals surface area contributed by atoms with Gasteiger partial charge in [-0.15, -0.1) is 0 Å². The molecule has 4 aromatic rings. The summed E-state index contributed by atoms with van der Waals surface area (Å²) in [5, 5.41) is -0.416. The number of benzene rings is 3. The Labute approximate surface area is 182 Å². The number of rotatable bonds is 2. The Hall–Kier alpha value is -2.56. The van der Waals surface area contributed by atoms with Gasteiger partial charge in [-0.3, -0.25) is 0 Å². The van der Waals surface area contributed by atoms with Crippen LogP contribution in [0.5, 0.6) is 0 Å². The second-order valence-electron chi connectivity index (χ2n) is 7.63. The van der Waals surface area contributed by atoms with Gasteiger partial charge >= 0.3 is 7.12 Å². The second-order valence-corrected chi connectivity index (χ2v) is 7.63. The van der Waals surface area contributed by atoms with Crippen LogP contribution in [0.2, 0.25) is 0 Å². The van der Waals surface area contributed by atoms with E-state index in [-0.39, 0.29) is 33.0 Å². The average Bonchev–Trinajstić information content (AvgIpc) is 3.34. The highest BCUT2D eigenvalue weighted by atomic mass is 16.7. The Bertz CT molecular complexity index is 1710. The van der Waals surface area contributed by atoms with E-state index in [1.807, 2.05) is 0 Å². The fourth-order valence-corrected chi connectivity index (χ4v) is 3.27. The first-order valence-corrected chi connectivity index (χ1v) is 8.84. The van der Waals surface area contributed by atoms with Crippen molar-refractivity contribution in [2.45, 2.75) is 38.9 Å². The number of hydrogen-bond acceptors (Lipinski definition) is 2. The summed E-state index contributed by atoms with van der Waals surface area (Å²) in [7, 11) is -1.35. The fourth-order valence-electron chi connectivity index (χ4n) is 3.27. The first kappa shape index (κ1) is 8.85. The van der Waals surface area contributed by atoms with Crippen LogP contribution in [0.3, 0.4) is 0 Å². The number of aromatic nitrogens is 1. The Morgan fingerprint density at radius 1 is 0.714 bits per heavy atom. The predicted molar refractivity (Wildman–Crippen MR) is 116 cm³/mol. The maximum atomic E-state index is 8.90. The highest BCUT2D eigenvalue weighted by Gasteiger charge is 2.52. The van der Waals surface area contributed by atoms with Crippen LogP contribution in [-0.4, -0.2) is 22.9 Å². The summed E-state index contributed by atoms with van der Waals surface area (Å²) in [5.74, 6) is 0. The Morgan fingerprint density at radius 3 is 1.75 bits per heavy atom. The molecule has 1 fully saturated rings. The lowest BCUT2D eigenvalue weighted by Crippen LogP contribution is -2.41. The van der Waals surface area contributed by atoms with Gasteiger partial charge in [0.1, 0.15) is 0 Å². The minimum Gasteiger partial charge on any atom is -0.399 e. The second kappa shape index (κ2) is 5.97. The van der Waals surface area contributed by atoms with Gasteiger partial charge in [-0.1, -0.05) is 54.4 Å². The molecule has 0 aliphatic carbocycles. The van der Waals surface area contributed by atoms with Crippen LogP contribution < -0.4 is 5.46 Å². The van der Waals surface area contributed by atoms with Crippen LogP contribution in [0.4, 0.5) is 0 Å². The summed E-state index contributed by atoms with van der Waals surface area (Å²) in [4.78, 5) is 0. The topological polar surface area (TPSA) is 23.4 Å². The summed E-state index contributed by atoms with van der Waals surface area (Å²) in [6.07, 6.45) is 0. The van der Waals surface area contributed by atoms with Crippen molar-refractivity contribution in [3.63, 3.8) is 0 Å². The molecule has 0 N–H and O–H groups in total. The van der Waals surface area contributed by atoms with E-state index in [0.717, 1.165) is 4.57 Å². The van der Waals surface area contributed by atoms with Crippen molar-refractivity contribution in [3.8, 4) is 5.69 Å². The number of para-hydroxylation sites is 3. The van der Waals surface area contributed by atoms with Crippen molar-refractivity contribution >= 4 is 34.4 Å². The molecule has 0 saturated carbocycles. The van der Waals surface area contributed by atoms with Crippen LogP contribution in [0, 0.1) is 0 Å². The Morgan fingerprint density at radius 2 is 1.18 bits per heavy atom. The minimum atomic E-state index is -1.35. The first-order valence-electron chi connectivity index (χ1n) is 14.8. The van der Waals surface area contributed by atoms with Crippen LogP contribution >= 0.6 is 0 Å².